The van der Waals surface area contributed by atoms with E-state index in [4.69, 9.17) is 16.3 Å². The Morgan fingerprint density at radius 3 is 2.93 bits per heavy atom. The van der Waals surface area contributed by atoms with Gasteiger partial charge in [-0.3, -0.25) is 0 Å². The fraction of sp³-hybridized carbons (Fsp3) is 0.500. The summed E-state index contributed by atoms with van der Waals surface area (Å²) >= 11 is 7.18. The standard InChI is InChI=1S/C8H10ClNO3S2/c9-8-2-1-7(14-8)5-10-3-4-13-6-15(10,11)12/h1-2H,3-6H2. The van der Waals surface area contributed by atoms with E-state index in [1.165, 1.54) is 15.6 Å². The average Bonchev–Trinajstić information content (AvgIpc) is 2.55. The summed E-state index contributed by atoms with van der Waals surface area (Å²) in [4.78, 5) is 0.950. The van der Waals surface area contributed by atoms with E-state index in [1.54, 1.807) is 6.07 Å². The molecule has 1 saturated heterocycles. The molecule has 1 aliphatic heterocycles. The van der Waals surface area contributed by atoms with E-state index in [2.05, 4.69) is 0 Å². The van der Waals surface area contributed by atoms with E-state index >= 15 is 0 Å². The lowest BCUT2D eigenvalue weighted by atomic mass is 10.4. The van der Waals surface area contributed by atoms with Gasteiger partial charge in [0.1, 0.15) is 0 Å². The van der Waals surface area contributed by atoms with Crippen LogP contribution in [0.15, 0.2) is 12.1 Å². The number of thiophene rings is 1. The van der Waals surface area contributed by atoms with Crippen molar-refractivity contribution in [1.82, 2.24) is 4.31 Å². The molecule has 84 valence electrons. The molecular weight excluding hydrogens is 258 g/mol. The molecule has 2 rings (SSSR count). The summed E-state index contributed by atoms with van der Waals surface area (Å²) < 4.78 is 30.1. The van der Waals surface area contributed by atoms with Crippen molar-refractivity contribution < 1.29 is 13.2 Å². The number of sulfonamides is 1. The van der Waals surface area contributed by atoms with Gasteiger partial charge < -0.3 is 4.74 Å². The summed E-state index contributed by atoms with van der Waals surface area (Å²) in [6, 6.07) is 3.62. The van der Waals surface area contributed by atoms with Crippen LogP contribution < -0.4 is 0 Å². The molecule has 1 aromatic rings. The first kappa shape index (κ1) is 11.3. The van der Waals surface area contributed by atoms with Crippen molar-refractivity contribution in [2.75, 3.05) is 19.1 Å². The van der Waals surface area contributed by atoms with E-state index < -0.39 is 10.0 Å². The number of ether oxygens (including phenoxy) is 1. The topological polar surface area (TPSA) is 46.6 Å². The Morgan fingerprint density at radius 2 is 2.33 bits per heavy atom. The van der Waals surface area contributed by atoms with Crippen molar-refractivity contribution in [2.45, 2.75) is 6.54 Å². The highest BCUT2D eigenvalue weighted by atomic mass is 35.5. The van der Waals surface area contributed by atoms with Gasteiger partial charge in [0.15, 0.2) is 5.94 Å². The zero-order chi connectivity index (χ0) is 10.9. The first-order valence-electron chi connectivity index (χ1n) is 4.38. The minimum Gasteiger partial charge on any atom is -0.363 e. The van der Waals surface area contributed by atoms with Crippen LogP contribution in [0.4, 0.5) is 0 Å². The van der Waals surface area contributed by atoms with Gasteiger partial charge in [0.05, 0.1) is 10.9 Å². The number of rotatable bonds is 2. The SMILES string of the molecule is O=S1(=O)COCCN1Cc1ccc(Cl)s1. The maximum Gasteiger partial charge on any atom is 0.238 e. The summed E-state index contributed by atoms with van der Waals surface area (Å²) in [6.45, 7) is 1.26. The predicted octanol–water partition coefficient (Wildman–Crippen LogP) is 1.52. The smallest absolute Gasteiger partial charge is 0.238 e. The van der Waals surface area contributed by atoms with Crippen molar-refractivity contribution in [3.8, 4) is 0 Å². The molecule has 1 aromatic heterocycles. The number of nitrogens with zero attached hydrogens (tertiary/aromatic N) is 1. The zero-order valence-electron chi connectivity index (χ0n) is 7.85. The quantitative estimate of drug-likeness (QED) is 0.816. The highest BCUT2D eigenvalue weighted by Gasteiger charge is 2.26. The predicted molar refractivity (Wildman–Crippen MR) is 59.5 cm³/mol. The van der Waals surface area contributed by atoms with E-state index in [-0.39, 0.29) is 5.94 Å². The average molecular weight is 268 g/mol. The lowest BCUT2D eigenvalue weighted by Crippen LogP contribution is -2.40. The molecule has 15 heavy (non-hydrogen) atoms. The maximum absolute atomic E-state index is 11.6. The van der Waals surface area contributed by atoms with Gasteiger partial charge in [0.25, 0.3) is 0 Å². The molecule has 4 nitrogen and oxygen atoms in total. The van der Waals surface area contributed by atoms with Crippen molar-refractivity contribution in [1.29, 1.82) is 0 Å². The third-order valence-corrected chi connectivity index (χ3v) is 4.85. The third-order valence-electron chi connectivity index (χ3n) is 2.07. The highest BCUT2D eigenvalue weighted by Crippen LogP contribution is 2.24. The molecule has 2 heterocycles. The second-order valence-corrected chi connectivity index (χ2v) is 6.89. The van der Waals surface area contributed by atoms with Crippen LogP contribution >= 0.6 is 22.9 Å². The van der Waals surface area contributed by atoms with Crippen LogP contribution in [0, 0.1) is 0 Å². The minimum atomic E-state index is -3.24. The van der Waals surface area contributed by atoms with Gasteiger partial charge in [-0.25, -0.2) is 8.42 Å². The molecule has 0 atom stereocenters. The number of hydrogen-bond donors (Lipinski definition) is 0. The Kier molecular flexibility index (Phi) is 3.32. The van der Waals surface area contributed by atoms with Crippen molar-refractivity contribution >= 4 is 33.0 Å². The Balaban J connectivity index is 2.11. The van der Waals surface area contributed by atoms with Crippen LogP contribution in [0.5, 0.6) is 0 Å². The molecule has 0 radical (unpaired) electrons. The van der Waals surface area contributed by atoms with Gasteiger partial charge in [-0.05, 0) is 12.1 Å². The van der Waals surface area contributed by atoms with Crippen LogP contribution in [-0.4, -0.2) is 31.8 Å². The van der Waals surface area contributed by atoms with Gasteiger partial charge in [-0.15, -0.1) is 11.3 Å². The van der Waals surface area contributed by atoms with Gasteiger partial charge in [-0.2, -0.15) is 4.31 Å². The lowest BCUT2D eigenvalue weighted by Gasteiger charge is -2.25. The van der Waals surface area contributed by atoms with Crippen molar-refractivity contribution in [2.24, 2.45) is 0 Å². The summed E-state index contributed by atoms with van der Waals surface area (Å²) in [5, 5.41) is 0. The van der Waals surface area contributed by atoms with Gasteiger partial charge in [0.2, 0.25) is 10.0 Å². The van der Waals surface area contributed by atoms with E-state index in [0.717, 1.165) is 4.88 Å². The largest absolute Gasteiger partial charge is 0.363 e. The summed E-state index contributed by atoms with van der Waals surface area (Å²) in [7, 11) is -3.24. The molecule has 0 spiro atoms. The second kappa shape index (κ2) is 4.39. The first-order valence-corrected chi connectivity index (χ1v) is 7.18. The van der Waals surface area contributed by atoms with Gasteiger partial charge in [0, 0.05) is 18.0 Å². The monoisotopic (exact) mass is 267 g/mol. The maximum atomic E-state index is 11.6. The molecule has 0 saturated carbocycles. The first-order chi connectivity index (χ1) is 7.08. The van der Waals surface area contributed by atoms with Crippen molar-refractivity contribution in [3.63, 3.8) is 0 Å². The molecular formula is C8H10ClNO3S2. The van der Waals surface area contributed by atoms with Crippen molar-refractivity contribution in [3.05, 3.63) is 21.3 Å². The lowest BCUT2D eigenvalue weighted by molar-refractivity contribution is 0.131. The molecule has 1 aliphatic rings. The molecule has 0 bridgehead atoms. The molecule has 1 fully saturated rings. The Morgan fingerprint density at radius 1 is 1.53 bits per heavy atom. The fourth-order valence-electron chi connectivity index (χ4n) is 1.33. The molecule has 7 heteroatoms. The van der Waals surface area contributed by atoms with Crippen LogP contribution in [0.2, 0.25) is 4.34 Å². The normalized spacial score (nSPS) is 21.7. The third kappa shape index (κ3) is 2.70. The molecule has 0 unspecified atom stereocenters. The molecule has 0 aliphatic carbocycles. The molecule has 0 aromatic carbocycles. The fourth-order valence-corrected chi connectivity index (χ4v) is 3.68. The van der Waals surface area contributed by atoms with Gasteiger partial charge >= 0.3 is 0 Å². The zero-order valence-corrected chi connectivity index (χ0v) is 10.2. The molecule has 0 amide bonds. The summed E-state index contributed by atoms with van der Waals surface area (Å²) in [6.07, 6.45) is 0. The highest BCUT2D eigenvalue weighted by molar-refractivity contribution is 7.88. The molecule has 0 N–H and O–H groups in total. The van der Waals surface area contributed by atoms with E-state index in [1.807, 2.05) is 6.07 Å². The summed E-state index contributed by atoms with van der Waals surface area (Å²) in [5.74, 6) is -0.216. The summed E-state index contributed by atoms with van der Waals surface area (Å²) in [5.41, 5.74) is 0. The Labute approximate surface area is 97.5 Å². The Bertz CT molecular complexity index is 442. The Hall–Kier alpha value is -0.140. The number of halogens is 1. The minimum absolute atomic E-state index is 0.216. The van der Waals surface area contributed by atoms with E-state index in [9.17, 15) is 8.42 Å². The second-order valence-electron chi connectivity index (χ2n) is 3.18. The van der Waals surface area contributed by atoms with Crippen LogP contribution in [-0.2, 0) is 21.3 Å². The van der Waals surface area contributed by atoms with E-state index in [0.29, 0.717) is 24.0 Å². The van der Waals surface area contributed by atoms with Crippen LogP contribution in [0.1, 0.15) is 4.88 Å². The van der Waals surface area contributed by atoms with Gasteiger partial charge in [-0.1, -0.05) is 11.6 Å². The van der Waals surface area contributed by atoms with Crippen LogP contribution in [0.25, 0.3) is 0 Å². The number of hydrogen-bond acceptors (Lipinski definition) is 4. The van der Waals surface area contributed by atoms with Crippen LogP contribution in [0.3, 0.4) is 0 Å².